The zero-order valence-corrected chi connectivity index (χ0v) is 17.0. The van der Waals surface area contributed by atoms with Gasteiger partial charge in [-0.3, -0.25) is 9.98 Å². The van der Waals surface area contributed by atoms with Crippen molar-refractivity contribution >= 4 is 23.0 Å². The van der Waals surface area contributed by atoms with Crippen molar-refractivity contribution in [3.63, 3.8) is 0 Å². The lowest BCUT2D eigenvalue weighted by atomic mass is 9.79. The van der Waals surface area contributed by atoms with Crippen LogP contribution in [0.2, 0.25) is 0 Å². The van der Waals surface area contributed by atoms with E-state index in [1.807, 2.05) is 6.07 Å². The molecular weight excluding hydrogens is 359 g/mol. The normalized spacial score (nSPS) is 21.2. The Labute approximate surface area is 172 Å². The van der Waals surface area contributed by atoms with Gasteiger partial charge in [0.2, 0.25) is 0 Å². The molecule has 1 aliphatic heterocycles. The van der Waals surface area contributed by atoms with Gasteiger partial charge in [0.15, 0.2) is 0 Å². The number of benzene rings is 1. The Kier molecular flexibility index (Phi) is 4.69. The smallest absolute Gasteiger partial charge is 0.149 e. The molecule has 5 rings (SSSR count). The van der Waals surface area contributed by atoms with E-state index >= 15 is 4.39 Å². The van der Waals surface area contributed by atoms with Gasteiger partial charge in [0.1, 0.15) is 11.5 Å². The minimum absolute atomic E-state index is 0.196. The zero-order chi connectivity index (χ0) is 20.0. The van der Waals surface area contributed by atoms with Crippen LogP contribution >= 0.6 is 0 Å². The van der Waals surface area contributed by atoms with Crippen molar-refractivity contribution < 1.29 is 4.39 Å². The average molecular weight is 387 g/mol. The lowest BCUT2D eigenvalue weighted by Crippen LogP contribution is -2.17. The van der Waals surface area contributed by atoms with E-state index in [0.29, 0.717) is 11.6 Å². The Morgan fingerprint density at radius 2 is 1.90 bits per heavy atom. The standard InChI is InChI=1S/C26H27FN2/c1-3-19-10-11-21-20(12-13-24(21)29-19)18-14-22-25(17-8-6-4-5-7-9-17)16(2)28-26(22)23(27)15-18/h3,10-12,14-15,17,25H,1,4-9,13H2,2H3. The summed E-state index contributed by atoms with van der Waals surface area (Å²) in [5.41, 5.74) is 7.83. The highest BCUT2D eigenvalue weighted by Gasteiger charge is 2.34. The van der Waals surface area contributed by atoms with Crippen molar-refractivity contribution in [1.29, 1.82) is 0 Å². The summed E-state index contributed by atoms with van der Waals surface area (Å²) in [6.07, 6.45) is 12.4. The van der Waals surface area contributed by atoms with Gasteiger partial charge in [0.25, 0.3) is 0 Å². The van der Waals surface area contributed by atoms with E-state index < -0.39 is 0 Å². The summed E-state index contributed by atoms with van der Waals surface area (Å²) >= 11 is 0. The zero-order valence-electron chi connectivity index (χ0n) is 17.0. The highest BCUT2D eigenvalue weighted by molar-refractivity contribution is 5.97. The highest BCUT2D eigenvalue weighted by Crippen LogP contribution is 2.47. The topological polar surface area (TPSA) is 25.2 Å². The molecule has 0 N–H and O–H groups in total. The maximum atomic E-state index is 15.1. The average Bonchev–Trinajstić information content (AvgIpc) is 3.18. The first-order valence-electron chi connectivity index (χ1n) is 10.9. The number of hydrogen-bond donors (Lipinski definition) is 0. The molecule has 0 saturated heterocycles. The Bertz CT molecular complexity index is 1040. The van der Waals surface area contributed by atoms with Gasteiger partial charge in [-0.2, -0.15) is 0 Å². The third-order valence-electron chi connectivity index (χ3n) is 6.84. The van der Waals surface area contributed by atoms with E-state index in [-0.39, 0.29) is 11.7 Å². The fourth-order valence-corrected chi connectivity index (χ4v) is 5.46. The van der Waals surface area contributed by atoms with E-state index in [2.05, 4.69) is 41.7 Å². The second kappa shape index (κ2) is 7.37. The number of rotatable bonds is 3. The fraction of sp³-hybridized carbons (Fsp3) is 0.385. The van der Waals surface area contributed by atoms with E-state index in [1.165, 1.54) is 38.5 Å². The number of pyridine rings is 1. The van der Waals surface area contributed by atoms with Gasteiger partial charge in [-0.15, -0.1) is 0 Å². The Morgan fingerprint density at radius 1 is 1.10 bits per heavy atom. The van der Waals surface area contributed by atoms with Gasteiger partial charge < -0.3 is 0 Å². The molecule has 1 aromatic carbocycles. The largest absolute Gasteiger partial charge is 0.254 e. The van der Waals surface area contributed by atoms with Gasteiger partial charge in [0.05, 0.1) is 11.4 Å². The molecule has 1 atom stereocenters. The van der Waals surface area contributed by atoms with Crippen molar-refractivity contribution in [2.24, 2.45) is 10.9 Å². The monoisotopic (exact) mass is 386 g/mol. The second-order valence-corrected chi connectivity index (χ2v) is 8.63. The molecule has 0 radical (unpaired) electrons. The maximum Gasteiger partial charge on any atom is 0.149 e. The fourth-order valence-electron chi connectivity index (χ4n) is 5.46. The predicted molar refractivity (Wildman–Crippen MR) is 118 cm³/mol. The number of aromatic nitrogens is 1. The van der Waals surface area contributed by atoms with Gasteiger partial charge >= 0.3 is 0 Å². The van der Waals surface area contributed by atoms with Crippen LogP contribution in [-0.4, -0.2) is 10.7 Å². The number of nitrogens with zero attached hydrogens (tertiary/aromatic N) is 2. The molecule has 2 aromatic rings. The van der Waals surface area contributed by atoms with Crippen LogP contribution in [0.5, 0.6) is 0 Å². The molecule has 1 saturated carbocycles. The maximum absolute atomic E-state index is 15.1. The lowest BCUT2D eigenvalue weighted by molar-refractivity contribution is 0.436. The van der Waals surface area contributed by atoms with Gasteiger partial charge in [-0.25, -0.2) is 4.39 Å². The number of aliphatic imine (C=N–C) groups is 1. The number of hydrogen-bond acceptors (Lipinski definition) is 2. The molecule has 29 heavy (non-hydrogen) atoms. The molecule has 1 fully saturated rings. The summed E-state index contributed by atoms with van der Waals surface area (Å²) < 4.78 is 15.1. The quantitative estimate of drug-likeness (QED) is 0.521. The number of halogens is 1. The van der Waals surface area contributed by atoms with Crippen LogP contribution in [0, 0.1) is 11.7 Å². The Hall–Kier alpha value is -2.55. The van der Waals surface area contributed by atoms with Crippen molar-refractivity contribution in [1.82, 2.24) is 4.98 Å². The number of fused-ring (bicyclic) bond motifs is 2. The molecular formula is C26H27FN2. The number of allylic oxidation sites excluding steroid dienone is 1. The summed E-state index contributed by atoms with van der Waals surface area (Å²) in [6.45, 7) is 5.89. The third kappa shape index (κ3) is 3.17. The lowest BCUT2D eigenvalue weighted by Gasteiger charge is -2.24. The van der Waals surface area contributed by atoms with Gasteiger partial charge in [0, 0.05) is 23.6 Å². The summed E-state index contributed by atoms with van der Waals surface area (Å²) in [4.78, 5) is 9.34. The summed E-state index contributed by atoms with van der Waals surface area (Å²) in [6, 6.07) is 7.94. The molecule has 2 aliphatic carbocycles. The van der Waals surface area contributed by atoms with Crippen molar-refractivity contribution in [3.05, 3.63) is 70.8 Å². The SMILES string of the molecule is C=Cc1ccc2c(n1)CC=C2c1cc(F)c2c(c1)C(C1CCCCCC1)C(C)=N2. The first kappa shape index (κ1) is 18.5. The summed E-state index contributed by atoms with van der Waals surface area (Å²) in [7, 11) is 0. The highest BCUT2D eigenvalue weighted by atomic mass is 19.1. The van der Waals surface area contributed by atoms with Crippen LogP contribution in [0.25, 0.3) is 11.6 Å². The van der Waals surface area contributed by atoms with E-state index in [1.54, 1.807) is 12.1 Å². The summed E-state index contributed by atoms with van der Waals surface area (Å²) in [5.74, 6) is 0.650. The van der Waals surface area contributed by atoms with Gasteiger partial charge in [-0.1, -0.05) is 44.4 Å². The minimum Gasteiger partial charge on any atom is -0.254 e. The molecule has 148 valence electrons. The first-order valence-corrected chi connectivity index (χ1v) is 10.9. The van der Waals surface area contributed by atoms with Gasteiger partial charge in [-0.05, 0) is 66.7 Å². The van der Waals surface area contributed by atoms with Crippen LogP contribution in [0.4, 0.5) is 10.1 Å². The third-order valence-corrected chi connectivity index (χ3v) is 6.84. The van der Waals surface area contributed by atoms with Crippen LogP contribution < -0.4 is 0 Å². The minimum atomic E-state index is -0.196. The van der Waals surface area contributed by atoms with Crippen LogP contribution in [0.3, 0.4) is 0 Å². The van der Waals surface area contributed by atoms with Crippen molar-refractivity contribution in [2.45, 2.75) is 57.8 Å². The molecule has 3 aliphatic rings. The molecule has 3 heteroatoms. The molecule has 2 nitrogen and oxygen atoms in total. The molecule has 0 amide bonds. The van der Waals surface area contributed by atoms with E-state index in [0.717, 1.165) is 45.8 Å². The second-order valence-electron chi connectivity index (χ2n) is 8.63. The van der Waals surface area contributed by atoms with Crippen LogP contribution in [0.1, 0.15) is 79.4 Å². The van der Waals surface area contributed by atoms with E-state index in [4.69, 9.17) is 0 Å². The molecule has 0 spiro atoms. The predicted octanol–water partition coefficient (Wildman–Crippen LogP) is 7.01. The molecule has 2 heterocycles. The Morgan fingerprint density at radius 3 is 2.66 bits per heavy atom. The molecule has 0 bridgehead atoms. The van der Waals surface area contributed by atoms with Crippen LogP contribution in [0.15, 0.2) is 41.9 Å². The Balaban J connectivity index is 1.55. The van der Waals surface area contributed by atoms with E-state index in [9.17, 15) is 0 Å². The van der Waals surface area contributed by atoms with Crippen LogP contribution in [-0.2, 0) is 6.42 Å². The summed E-state index contributed by atoms with van der Waals surface area (Å²) in [5, 5.41) is 0. The first-order chi connectivity index (χ1) is 14.2. The van der Waals surface area contributed by atoms with Crippen molar-refractivity contribution in [2.75, 3.05) is 0 Å². The van der Waals surface area contributed by atoms with Crippen molar-refractivity contribution in [3.8, 4) is 0 Å². The molecule has 1 unspecified atom stereocenters. The molecule has 1 aromatic heterocycles.